The van der Waals surface area contributed by atoms with Crippen molar-refractivity contribution in [1.82, 2.24) is 15.0 Å². The SMILES string of the molecule is CCc1ccc(Nc2nc(-c3sc(C)nc3C)cs2)nc1. The molecule has 0 bridgehead atoms. The number of rotatable bonds is 4. The van der Waals surface area contributed by atoms with Gasteiger partial charge >= 0.3 is 0 Å². The highest BCUT2D eigenvalue weighted by molar-refractivity contribution is 7.16. The Hall–Kier alpha value is -1.79. The number of nitrogens with one attached hydrogen (secondary N) is 1. The van der Waals surface area contributed by atoms with Crippen LogP contribution in [0.3, 0.4) is 0 Å². The molecule has 0 saturated heterocycles. The molecule has 1 N–H and O–H groups in total. The molecule has 3 aromatic rings. The molecule has 21 heavy (non-hydrogen) atoms. The fourth-order valence-electron chi connectivity index (χ4n) is 2.02. The lowest BCUT2D eigenvalue weighted by Crippen LogP contribution is -1.93. The molecule has 0 aliphatic rings. The Morgan fingerprint density at radius 1 is 1.19 bits per heavy atom. The van der Waals surface area contributed by atoms with Crippen LogP contribution < -0.4 is 5.32 Å². The van der Waals surface area contributed by atoms with Crippen molar-refractivity contribution < 1.29 is 0 Å². The highest BCUT2D eigenvalue weighted by Crippen LogP contribution is 2.32. The number of anilines is 2. The van der Waals surface area contributed by atoms with E-state index in [1.165, 1.54) is 5.56 Å². The Balaban J connectivity index is 1.80. The highest BCUT2D eigenvalue weighted by atomic mass is 32.1. The van der Waals surface area contributed by atoms with E-state index in [-0.39, 0.29) is 0 Å². The summed E-state index contributed by atoms with van der Waals surface area (Å²) in [5, 5.41) is 7.24. The summed E-state index contributed by atoms with van der Waals surface area (Å²) in [7, 11) is 0. The van der Waals surface area contributed by atoms with Crippen LogP contribution in [0.5, 0.6) is 0 Å². The van der Waals surface area contributed by atoms with Crippen LogP contribution in [0.1, 0.15) is 23.2 Å². The van der Waals surface area contributed by atoms with Gasteiger partial charge in [0.15, 0.2) is 5.13 Å². The number of hydrogen-bond donors (Lipinski definition) is 1. The minimum atomic E-state index is 0.824. The van der Waals surface area contributed by atoms with Crippen molar-refractivity contribution in [1.29, 1.82) is 0 Å². The van der Waals surface area contributed by atoms with Gasteiger partial charge in [-0.25, -0.2) is 15.0 Å². The highest BCUT2D eigenvalue weighted by Gasteiger charge is 2.11. The molecule has 3 rings (SSSR count). The Kier molecular flexibility index (Phi) is 3.98. The van der Waals surface area contributed by atoms with Crippen LogP contribution in [0.15, 0.2) is 23.7 Å². The van der Waals surface area contributed by atoms with Gasteiger partial charge in [-0.1, -0.05) is 13.0 Å². The van der Waals surface area contributed by atoms with Crippen molar-refractivity contribution in [3.63, 3.8) is 0 Å². The summed E-state index contributed by atoms with van der Waals surface area (Å²) < 4.78 is 0. The third-order valence-corrected chi connectivity index (χ3v) is 4.96. The van der Waals surface area contributed by atoms with Crippen molar-refractivity contribution in [2.75, 3.05) is 5.32 Å². The molecule has 0 unspecified atom stereocenters. The minimum absolute atomic E-state index is 0.824. The fraction of sp³-hybridized carbons (Fsp3) is 0.267. The third kappa shape index (κ3) is 3.11. The second kappa shape index (κ2) is 5.91. The summed E-state index contributed by atoms with van der Waals surface area (Å²) >= 11 is 3.27. The summed E-state index contributed by atoms with van der Waals surface area (Å²) in [5.41, 5.74) is 3.26. The second-order valence-electron chi connectivity index (χ2n) is 4.72. The Morgan fingerprint density at radius 3 is 2.67 bits per heavy atom. The maximum Gasteiger partial charge on any atom is 0.188 e. The van der Waals surface area contributed by atoms with Gasteiger partial charge in [-0.2, -0.15) is 0 Å². The van der Waals surface area contributed by atoms with Gasteiger partial charge < -0.3 is 5.32 Å². The van der Waals surface area contributed by atoms with E-state index in [0.29, 0.717) is 0 Å². The van der Waals surface area contributed by atoms with Gasteiger partial charge in [0.25, 0.3) is 0 Å². The van der Waals surface area contributed by atoms with Crippen molar-refractivity contribution in [2.45, 2.75) is 27.2 Å². The van der Waals surface area contributed by atoms with Gasteiger partial charge in [0.05, 0.1) is 21.3 Å². The van der Waals surface area contributed by atoms with E-state index in [0.717, 1.165) is 38.6 Å². The topological polar surface area (TPSA) is 50.7 Å². The van der Waals surface area contributed by atoms with Gasteiger partial charge in [0.1, 0.15) is 5.82 Å². The van der Waals surface area contributed by atoms with Crippen LogP contribution in [0, 0.1) is 13.8 Å². The molecule has 0 aliphatic carbocycles. The molecule has 3 aromatic heterocycles. The van der Waals surface area contributed by atoms with E-state index >= 15 is 0 Å². The average molecular weight is 316 g/mol. The average Bonchev–Trinajstić information content (AvgIpc) is 3.06. The Bertz CT molecular complexity index is 743. The predicted molar refractivity (Wildman–Crippen MR) is 89.6 cm³/mol. The Labute approximate surface area is 131 Å². The lowest BCUT2D eigenvalue weighted by Gasteiger charge is -2.02. The molecule has 0 saturated carbocycles. The van der Waals surface area contributed by atoms with Gasteiger partial charge in [0, 0.05) is 11.6 Å². The molecule has 0 aromatic carbocycles. The number of aromatic nitrogens is 3. The van der Waals surface area contributed by atoms with Gasteiger partial charge in [-0.05, 0) is 31.9 Å². The monoisotopic (exact) mass is 316 g/mol. The molecule has 0 radical (unpaired) electrons. The third-order valence-electron chi connectivity index (χ3n) is 3.11. The number of aryl methyl sites for hydroxylation is 3. The lowest BCUT2D eigenvalue weighted by molar-refractivity contribution is 1.10. The molecule has 4 nitrogen and oxygen atoms in total. The first kappa shape index (κ1) is 14.2. The fourth-order valence-corrected chi connectivity index (χ4v) is 3.68. The van der Waals surface area contributed by atoms with Crippen molar-refractivity contribution in [3.8, 4) is 10.6 Å². The van der Waals surface area contributed by atoms with E-state index in [1.807, 2.05) is 26.1 Å². The van der Waals surface area contributed by atoms with E-state index in [1.54, 1.807) is 22.7 Å². The zero-order chi connectivity index (χ0) is 14.8. The summed E-state index contributed by atoms with van der Waals surface area (Å²) in [4.78, 5) is 14.6. The quantitative estimate of drug-likeness (QED) is 0.765. The van der Waals surface area contributed by atoms with Gasteiger partial charge in [-0.3, -0.25) is 0 Å². The van der Waals surface area contributed by atoms with E-state index < -0.39 is 0 Å². The molecule has 0 aliphatic heterocycles. The first-order valence-electron chi connectivity index (χ1n) is 6.77. The zero-order valence-electron chi connectivity index (χ0n) is 12.2. The first-order valence-corrected chi connectivity index (χ1v) is 8.47. The molecule has 3 heterocycles. The number of nitrogens with zero attached hydrogens (tertiary/aromatic N) is 3. The summed E-state index contributed by atoms with van der Waals surface area (Å²) in [5.74, 6) is 0.824. The minimum Gasteiger partial charge on any atom is -0.316 e. The van der Waals surface area contributed by atoms with Gasteiger partial charge in [-0.15, -0.1) is 22.7 Å². The smallest absolute Gasteiger partial charge is 0.188 e. The summed E-state index contributed by atoms with van der Waals surface area (Å²) in [6.07, 6.45) is 2.90. The molecular weight excluding hydrogens is 300 g/mol. The molecule has 0 spiro atoms. The standard InChI is InChI=1S/C15H16N4S2/c1-4-11-5-6-13(16-7-11)19-15-18-12(8-20-15)14-9(2)17-10(3)21-14/h5-8H,4H2,1-3H3,(H,16,18,19). The maximum absolute atomic E-state index is 4.63. The largest absolute Gasteiger partial charge is 0.316 e. The number of thiazole rings is 2. The van der Waals surface area contributed by atoms with Crippen molar-refractivity contribution in [2.24, 2.45) is 0 Å². The van der Waals surface area contributed by atoms with Crippen molar-refractivity contribution in [3.05, 3.63) is 40.0 Å². The molecular formula is C15H16N4S2. The van der Waals surface area contributed by atoms with E-state index in [2.05, 4.69) is 38.6 Å². The van der Waals surface area contributed by atoms with E-state index in [4.69, 9.17) is 0 Å². The molecule has 108 valence electrons. The number of hydrogen-bond acceptors (Lipinski definition) is 6. The first-order chi connectivity index (χ1) is 10.2. The molecule has 0 amide bonds. The molecule has 0 fully saturated rings. The normalized spacial score (nSPS) is 10.8. The van der Waals surface area contributed by atoms with Crippen LogP contribution in [0.2, 0.25) is 0 Å². The predicted octanol–water partition coefficient (Wildman–Crippen LogP) is 4.58. The van der Waals surface area contributed by atoms with E-state index in [9.17, 15) is 0 Å². The summed E-state index contributed by atoms with van der Waals surface area (Å²) in [6.45, 7) is 6.17. The van der Waals surface area contributed by atoms with Gasteiger partial charge in [0.2, 0.25) is 0 Å². The molecule has 0 atom stereocenters. The van der Waals surface area contributed by atoms with Crippen LogP contribution in [-0.2, 0) is 6.42 Å². The lowest BCUT2D eigenvalue weighted by atomic mass is 10.2. The number of pyridine rings is 1. The summed E-state index contributed by atoms with van der Waals surface area (Å²) in [6, 6.07) is 4.07. The van der Waals surface area contributed by atoms with Crippen molar-refractivity contribution >= 4 is 33.6 Å². The van der Waals surface area contributed by atoms with Crippen LogP contribution >= 0.6 is 22.7 Å². The Morgan fingerprint density at radius 2 is 2.05 bits per heavy atom. The second-order valence-corrected chi connectivity index (χ2v) is 6.78. The maximum atomic E-state index is 4.63. The zero-order valence-corrected chi connectivity index (χ0v) is 13.8. The van der Waals surface area contributed by atoms with Crippen LogP contribution in [0.25, 0.3) is 10.6 Å². The van der Waals surface area contributed by atoms with Crippen LogP contribution in [0.4, 0.5) is 10.9 Å². The molecule has 6 heteroatoms. The van der Waals surface area contributed by atoms with Crippen LogP contribution in [-0.4, -0.2) is 15.0 Å².